The van der Waals surface area contributed by atoms with Crippen LogP contribution in [0.3, 0.4) is 0 Å². The highest BCUT2D eigenvalue weighted by atomic mass is 32.1. The third-order valence-corrected chi connectivity index (χ3v) is 13.1. The monoisotopic (exact) mass is 969 g/mol. The van der Waals surface area contributed by atoms with Crippen molar-refractivity contribution in [3.05, 3.63) is 155 Å². The number of hydrogen-bond acceptors (Lipinski definition) is 10. The van der Waals surface area contributed by atoms with E-state index in [0.717, 1.165) is 45.0 Å². The lowest BCUT2D eigenvalue weighted by atomic mass is 9.85. The molecule has 6 rings (SSSR count). The molecule has 3 N–H and O–H groups in total. The van der Waals surface area contributed by atoms with Gasteiger partial charge < -0.3 is 39.8 Å². The van der Waals surface area contributed by atoms with Crippen molar-refractivity contribution in [2.24, 2.45) is 5.41 Å². The number of aromatic nitrogens is 1. The summed E-state index contributed by atoms with van der Waals surface area (Å²) in [4.78, 5) is 61.5. The van der Waals surface area contributed by atoms with E-state index >= 15 is 0 Å². The minimum absolute atomic E-state index is 0.0194. The van der Waals surface area contributed by atoms with Gasteiger partial charge in [-0.1, -0.05) is 137 Å². The van der Waals surface area contributed by atoms with Crippen LogP contribution < -0.4 is 15.4 Å². The molecule has 1 fully saturated rings. The highest BCUT2D eigenvalue weighted by molar-refractivity contribution is 7.13. The minimum atomic E-state index is -0.969. The van der Waals surface area contributed by atoms with Crippen LogP contribution >= 0.6 is 11.3 Å². The van der Waals surface area contributed by atoms with Crippen molar-refractivity contribution in [2.75, 3.05) is 53.2 Å². The Morgan fingerprint density at radius 2 is 1.54 bits per heavy atom. The Bertz CT molecular complexity index is 2540. The molecular weight excluding hydrogens is 903 g/mol. The second kappa shape index (κ2) is 26.0. The summed E-state index contributed by atoms with van der Waals surface area (Å²) in [5.74, 6) is -0.739. The first-order chi connectivity index (χ1) is 33.7. The molecule has 0 aliphatic carbocycles. The highest BCUT2D eigenvalue weighted by Crippen LogP contribution is 2.35. The largest absolute Gasteiger partial charge is 0.492 e. The van der Waals surface area contributed by atoms with E-state index in [1.165, 1.54) is 21.6 Å². The van der Waals surface area contributed by atoms with Crippen LogP contribution in [0, 0.1) is 12.3 Å². The van der Waals surface area contributed by atoms with Crippen LogP contribution in [0.25, 0.3) is 21.6 Å². The number of nitrogens with zero attached hydrogens (tertiary/aromatic N) is 3. The number of rotatable bonds is 23. The standard InChI is InChI=1S/C56H67N5O8S/c1-7-47(41-17-11-8-12-18-41)51(42-19-13-9-14-20-42)43-25-27-46(28-26-43)69-32-29-60(6)50(64)37-68-31-16-10-15-30-67-36-49(63)59-53(56(3,4)5)55(66)61-35-45(62)33-48(61)54(65)57-34-40-21-23-44(24-22-40)52-39(2)58-38-70-52/h8-15,17-28,38,45,48,53,62H,7,16,29-37H2,1-6H3,(H,57,65)(H,59,63)/b15-10+,51-47-/t45-,48+,53-/m1/s1. The molecule has 0 bridgehead atoms. The molecule has 70 heavy (non-hydrogen) atoms. The van der Waals surface area contributed by atoms with Gasteiger partial charge in [-0.15, -0.1) is 11.3 Å². The maximum atomic E-state index is 14.0. The van der Waals surface area contributed by atoms with Gasteiger partial charge in [0.2, 0.25) is 23.6 Å². The quantitative estimate of drug-likeness (QED) is 0.0334. The van der Waals surface area contributed by atoms with Gasteiger partial charge in [-0.05, 0) is 76.3 Å². The molecule has 14 heteroatoms. The number of likely N-dealkylation sites (tertiary alicyclic amines) is 1. The van der Waals surface area contributed by atoms with Crippen LogP contribution in [0.15, 0.2) is 127 Å². The molecule has 4 amide bonds. The van der Waals surface area contributed by atoms with Crippen molar-refractivity contribution >= 4 is 46.1 Å². The van der Waals surface area contributed by atoms with E-state index in [-0.39, 0.29) is 51.1 Å². The third-order valence-electron chi connectivity index (χ3n) is 12.1. The topological polar surface area (TPSA) is 160 Å². The summed E-state index contributed by atoms with van der Waals surface area (Å²) in [6.07, 6.45) is 4.24. The van der Waals surface area contributed by atoms with E-state index in [4.69, 9.17) is 14.2 Å². The summed E-state index contributed by atoms with van der Waals surface area (Å²) >= 11 is 1.57. The smallest absolute Gasteiger partial charge is 0.248 e. The van der Waals surface area contributed by atoms with Gasteiger partial charge in [-0.25, -0.2) is 4.98 Å². The lowest BCUT2D eigenvalue weighted by Crippen LogP contribution is -2.58. The normalized spacial score (nSPS) is 15.6. The fourth-order valence-corrected chi connectivity index (χ4v) is 9.05. The zero-order valence-electron chi connectivity index (χ0n) is 41.2. The molecule has 2 heterocycles. The molecule has 1 aliphatic heterocycles. The lowest BCUT2D eigenvalue weighted by Gasteiger charge is -2.35. The van der Waals surface area contributed by atoms with E-state index in [9.17, 15) is 24.3 Å². The summed E-state index contributed by atoms with van der Waals surface area (Å²) in [6.45, 7) is 10.7. The molecule has 3 atom stereocenters. The summed E-state index contributed by atoms with van der Waals surface area (Å²) in [5.41, 5.74) is 9.92. The molecule has 5 aromatic rings. The summed E-state index contributed by atoms with van der Waals surface area (Å²) in [6, 6.07) is 35.0. The molecule has 0 spiro atoms. The predicted octanol–water partition coefficient (Wildman–Crippen LogP) is 8.11. The Morgan fingerprint density at radius 1 is 0.871 bits per heavy atom. The molecule has 1 saturated heterocycles. The number of aliphatic hydroxyl groups excluding tert-OH is 1. The molecule has 0 unspecified atom stereocenters. The number of likely N-dealkylation sites (N-methyl/N-ethyl adjacent to an activating group) is 1. The number of amides is 4. The maximum absolute atomic E-state index is 14.0. The number of aliphatic hydroxyl groups is 1. The van der Waals surface area contributed by atoms with Crippen LogP contribution in [0.5, 0.6) is 5.75 Å². The van der Waals surface area contributed by atoms with E-state index in [0.29, 0.717) is 26.2 Å². The number of carbonyl (C=O) groups is 4. The fraction of sp³-hybridized carbons (Fsp3) is 0.375. The van der Waals surface area contributed by atoms with Crippen molar-refractivity contribution in [2.45, 2.75) is 78.6 Å². The van der Waals surface area contributed by atoms with E-state index in [1.807, 2.05) is 87.8 Å². The van der Waals surface area contributed by atoms with Crippen LogP contribution in [0.1, 0.15) is 74.9 Å². The first kappa shape index (κ1) is 52.9. The van der Waals surface area contributed by atoms with Crippen molar-refractivity contribution in [3.8, 4) is 16.2 Å². The Hall–Kier alpha value is -6.45. The minimum Gasteiger partial charge on any atom is -0.492 e. The molecule has 0 saturated carbocycles. The Kier molecular flexibility index (Phi) is 19.6. The Labute approximate surface area is 416 Å². The summed E-state index contributed by atoms with van der Waals surface area (Å²) < 4.78 is 17.2. The average molecular weight is 970 g/mol. The maximum Gasteiger partial charge on any atom is 0.248 e. The van der Waals surface area contributed by atoms with Gasteiger partial charge in [0, 0.05) is 26.6 Å². The number of ether oxygens (including phenoxy) is 3. The van der Waals surface area contributed by atoms with Gasteiger partial charge in [0.05, 0.1) is 41.9 Å². The number of β-amino-alcohol motifs (C(OH)–C–C–N with tert-alkyl or cyclic N) is 1. The van der Waals surface area contributed by atoms with E-state index < -0.39 is 35.4 Å². The SMILES string of the molecule is CC/C(=C(\c1ccccc1)c1ccc(OCCN(C)C(=O)COCC/C=C/COCC(=O)N[C@H](C(=O)N2C[C@H](O)C[C@H]2C(=O)NCc2ccc(-c3scnc3C)cc2)C(C)(C)C)cc1)c1ccccc1. The van der Waals surface area contributed by atoms with Crippen molar-refractivity contribution < 1.29 is 38.5 Å². The van der Waals surface area contributed by atoms with Gasteiger partial charge in [-0.2, -0.15) is 0 Å². The number of allylic oxidation sites excluding steroid dienone is 1. The summed E-state index contributed by atoms with van der Waals surface area (Å²) in [7, 11) is 1.72. The number of aryl methyl sites for hydroxylation is 1. The molecule has 0 radical (unpaired) electrons. The van der Waals surface area contributed by atoms with E-state index in [1.54, 1.807) is 29.4 Å². The number of thiazole rings is 1. The van der Waals surface area contributed by atoms with E-state index in [2.05, 4.69) is 83.2 Å². The molecule has 1 aliphatic rings. The van der Waals surface area contributed by atoms with Gasteiger partial charge in [-0.3, -0.25) is 19.2 Å². The van der Waals surface area contributed by atoms with Gasteiger partial charge >= 0.3 is 0 Å². The third kappa shape index (κ3) is 15.0. The van der Waals surface area contributed by atoms with Gasteiger partial charge in [0.1, 0.15) is 37.7 Å². The van der Waals surface area contributed by atoms with Crippen molar-refractivity contribution in [3.63, 3.8) is 0 Å². The number of carbonyl (C=O) groups excluding carboxylic acids is 4. The first-order valence-corrected chi connectivity index (χ1v) is 24.8. The predicted molar refractivity (Wildman–Crippen MR) is 276 cm³/mol. The van der Waals surface area contributed by atoms with Gasteiger partial charge in [0.25, 0.3) is 0 Å². The van der Waals surface area contributed by atoms with Crippen molar-refractivity contribution in [1.29, 1.82) is 0 Å². The summed E-state index contributed by atoms with van der Waals surface area (Å²) in [5, 5.41) is 16.3. The van der Waals surface area contributed by atoms with Crippen LogP contribution in [-0.2, 0) is 35.2 Å². The van der Waals surface area contributed by atoms with Crippen LogP contribution in [-0.4, -0.2) is 115 Å². The molecular formula is C56H67N5O8S. The molecule has 4 aromatic carbocycles. The number of benzene rings is 4. The molecule has 370 valence electrons. The Balaban J connectivity index is 0.866. The van der Waals surface area contributed by atoms with Crippen LogP contribution in [0.2, 0.25) is 0 Å². The van der Waals surface area contributed by atoms with Crippen molar-refractivity contribution in [1.82, 2.24) is 25.4 Å². The number of hydrogen-bond donors (Lipinski definition) is 3. The molecule has 13 nitrogen and oxygen atoms in total. The number of nitrogens with one attached hydrogen (secondary N) is 2. The zero-order valence-corrected chi connectivity index (χ0v) is 42.0. The second-order valence-electron chi connectivity index (χ2n) is 18.4. The first-order valence-electron chi connectivity index (χ1n) is 23.9. The molecule has 1 aromatic heterocycles. The van der Waals surface area contributed by atoms with Gasteiger partial charge in [0.15, 0.2) is 0 Å². The lowest BCUT2D eigenvalue weighted by molar-refractivity contribution is -0.144. The zero-order chi connectivity index (χ0) is 50.0. The van der Waals surface area contributed by atoms with Crippen LogP contribution in [0.4, 0.5) is 0 Å². The fourth-order valence-electron chi connectivity index (χ4n) is 8.24. The second-order valence-corrected chi connectivity index (χ2v) is 19.3. The average Bonchev–Trinajstić information content (AvgIpc) is 3.98. The highest BCUT2D eigenvalue weighted by Gasteiger charge is 2.44. The Morgan fingerprint density at radius 3 is 2.19 bits per heavy atom.